The third-order valence-corrected chi connectivity index (χ3v) is 6.43. The maximum absolute atomic E-state index is 13.3. The number of benzene rings is 2. The largest absolute Gasteiger partial charge is 0.384 e. The minimum atomic E-state index is -0.681. The summed E-state index contributed by atoms with van der Waals surface area (Å²) < 4.78 is 0. The number of nitrogen functional groups attached to an aromatic ring is 1. The second-order valence-corrected chi connectivity index (χ2v) is 8.74. The number of nitrogens with one attached hydrogen (secondary N) is 2. The first-order valence-electron chi connectivity index (χ1n) is 11.4. The van der Waals surface area contributed by atoms with Crippen LogP contribution < -0.4 is 16.4 Å². The molecule has 0 bridgehead atoms. The molecule has 0 saturated carbocycles. The zero-order chi connectivity index (χ0) is 23.4. The summed E-state index contributed by atoms with van der Waals surface area (Å²) in [5.74, 6) is 0.137. The first kappa shape index (κ1) is 22.7. The van der Waals surface area contributed by atoms with Crippen LogP contribution in [0.1, 0.15) is 29.7 Å². The summed E-state index contributed by atoms with van der Waals surface area (Å²) in [6.07, 6.45) is 2.20. The highest BCUT2D eigenvalue weighted by atomic mass is 16.2. The highest BCUT2D eigenvalue weighted by Crippen LogP contribution is 2.21. The van der Waals surface area contributed by atoms with Crippen molar-refractivity contribution >= 4 is 28.4 Å². The second kappa shape index (κ2) is 10.0. The predicted octanol–water partition coefficient (Wildman–Crippen LogP) is 2.56. The lowest BCUT2D eigenvalue weighted by atomic mass is 9.98. The van der Waals surface area contributed by atoms with E-state index in [0.717, 1.165) is 47.0 Å². The van der Waals surface area contributed by atoms with Crippen LogP contribution >= 0.6 is 0 Å². The Morgan fingerprint density at radius 1 is 1.12 bits per heavy atom. The monoisotopic (exact) mass is 445 g/mol. The average molecular weight is 446 g/mol. The molecule has 1 unspecified atom stereocenters. The molecule has 1 aliphatic rings. The third kappa shape index (κ3) is 5.31. The number of carbonyl (C=O) groups excluding carboxylic acids is 2. The van der Waals surface area contributed by atoms with E-state index in [2.05, 4.69) is 33.8 Å². The number of rotatable bonds is 7. The number of nitrogens with zero attached hydrogens (tertiary/aromatic N) is 2. The summed E-state index contributed by atoms with van der Waals surface area (Å²) in [7, 11) is 1.95. The Bertz CT molecular complexity index is 1160. The van der Waals surface area contributed by atoms with Gasteiger partial charge in [0, 0.05) is 18.7 Å². The van der Waals surface area contributed by atoms with Crippen LogP contribution in [0, 0.1) is 6.92 Å². The lowest BCUT2D eigenvalue weighted by molar-refractivity contribution is -0.131. The van der Waals surface area contributed by atoms with Crippen molar-refractivity contribution in [2.75, 3.05) is 19.3 Å². The molecule has 1 aliphatic heterocycles. The zero-order valence-corrected chi connectivity index (χ0v) is 19.2. The molecule has 172 valence electrons. The van der Waals surface area contributed by atoms with Gasteiger partial charge in [-0.2, -0.15) is 0 Å². The van der Waals surface area contributed by atoms with Gasteiger partial charge in [0.05, 0.1) is 6.04 Å². The van der Waals surface area contributed by atoms with Gasteiger partial charge < -0.3 is 16.4 Å². The summed E-state index contributed by atoms with van der Waals surface area (Å²) in [5.41, 5.74) is 8.43. The van der Waals surface area contributed by atoms with Gasteiger partial charge in [-0.05, 0) is 61.3 Å². The number of aromatic nitrogens is 1. The molecule has 1 aromatic heterocycles. The average Bonchev–Trinajstić information content (AvgIpc) is 3.24. The zero-order valence-electron chi connectivity index (χ0n) is 19.2. The van der Waals surface area contributed by atoms with Crippen molar-refractivity contribution in [2.45, 2.75) is 44.8 Å². The van der Waals surface area contributed by atoms with E-state index in [1.165, 1.54) is 0 Å². The van der Waals surface area contributed by atoms with E-state index in [0.29, 0.717) is 18.8 Å². The minimum Gasteiger partial charge on any atom is -0.384 e. The van der Waals surface area contributed by atoms with Crippen molar-refractivity contribution in [3.05, 3.63) is 71.4 Å². The Labute approximate surface area is 194 Å². The molecule has 0 aliphatic carbocycles. The van der Waals surface area contributed by atoms with Gasteiger partial charge in [0.1, 0.15) is 11.9 Å². The van der Waals surface area contributed by atoms with Gasteiger partial charge in [-0.3, -0.25) is 14.5 Å². The summed E-state index contributed by atoms with van der Waals surface area (Å²) in [6, 6.07) is 16.9. The third-order valence-electron chi connectivity index (χ3n) is 6.43. The van der Waals surface area contributed by atoms with Gasteiger partial charge in [0.15, 0.2) is 0 Å². The number of pyridine rings is 1. The molecular weight excluding hydrogens is 414 g/mol. The van der Waals surface area contributed by atoms with Gasteiger partial charge in [-0.1, -0.05) is 48.5 Å². The van der Waals surface area contributed by atoms with Crippen LogP contribution in [0.4, 0.5) is 5.82 Å². The van der Waals surface area contributed by atoms with Crippen LogP contribution in [0.2, 0.25) is 0 Å². The molecule has 7 heteroatoms. The fourth-order valence-corrected chi connectivity index (χ4v) is 4.51. The SMILES string of the molecule is Cc1nc(N)ccc1CNC(=O)[C@H](Cc1cccc2ccccc12)NC(=O)C1CCCN1C. The summed E-state index contributed by atoms with van der Waals surface area (Å²) in [6.45, 7) is 3.08. The molecule has 2 atom stereocenters. The molecule has 0 radical (unpaired) electrons. The smallest absolute Gasteiger partial charge is 0.243 e. The van der Waals surface area contributed by atoms with Gasteiger partial charge >= 0.3 is 0 Å². The fraction of sp³-hybridized carbons (Fsp3) is 0.346. The van der Waals surface area contributed by atoms with Crippen LogP contribution in [-0.4, -0.2) is 47.4 Å². The van der Waals surface area contributed by atoms with Gasteiger partial charge in [0.25, 0.3) is 0 Å². The van der Waals surface area contributed by atoms with E-state index >= 15 is 0 Å². The van der Waals surface area contributed by atoms with Gasteiger partial charge in [0.2, 0.25) is 11.8 Å². The van der Waals surface area contributed by atoms with Crippen LogP contribution in [0.5, 0.6) is 0 Å². The molecule has 2 aromatic carbocycles. The van der Waals surface area contributed by atoms with Crippen molar-refractivity contribution in [3.8, 4) is 0 Å². The van der Waals surface area contributed by atoms with E-state index in [9.17, 15) is 9.59 Å². The number of nitrogens with two attached hydrogens (primary N) is 1. The lowest BCUT2D eigenvalue weighted by Crippen LogP contribution is -2.52. The Morgan fingerprint density at radius 3 is 2.67 bits per heavy atom. The van der Waals surface area contributed by atoms with Crippen molar-refractivity contribution in [1.29, 1.82) is 0 Å². The maximum Gasteiger partial charge on any atom is 0.243 e. The topological polar surface area (TPSA) is 100 Å². The van der Waals surface area contributed by atoms with E-state index in [1.807, 2.05) is 49.2 Å². The molecule has 2 amide bonds. The lowest BCUT2D eigenvalue weighted by Gasteiger charge is -2.24. The minimum absolute atomic E-state index is 0.0966. The number of carbonyl (C=O) groups is 2. The number of hydrogen-bond acceptors (Lipinski definition) is 5. The van der Waals surface area contributed by atoms with Crippen LogP contribution in [0.25, 0.3) is 10.8 Å². The second-order valence-electron chi connectivity index (χ2n) is 8.74. The number of likely N-dealkylation sites (N-methyl/N-ethyl adjacent to an activating group) is 1. The summed E-state index contributed by atoms with van der Waals surface area (Å²) in [4.78, 5) is 32.6. The van der Waals surface area contributed by atoms with Crippen molar-refractivity contribution in [1.82, 2.24) is 20.5 Å². The van der Waals surface area contributed by atoms with Crippen LogP contribution in [0.15, 0.2) is 54.6 Å². The van der Waals surface area contributed by atoms with Crippen molar-refractivity contribution < 1.29 is 9.59 Å². The molecule has 4 N–H and O–H groups in total. The first-order valence-corrected chi connectivity index (χ1v) is 11.4. The number of aryl methyl sites for hydroxylation is 1. The van der Waals surface area contributed by atoms with E-state index in [4.69, 9.17) is 5.73 Å². The number of hydrogen-bond donors (Lipinski definition) is 3. The predicted molar refractivity (Wildman–Crippen MR) is 130 cm³/mol. The fourth-order valence-electron chi connectivity index (χ4n) is 4.51. The Balaban J connectivity index is 1.54. The summed E-state index contributed by atoms with van der Waals surface area (Å²) in [5, 5.41) is 8.22. The highest BCUT2D eigenvalue weighted by Gasteiger charge is 2.31. The van der Waals surface area contributed by atoms with Crippen LogP contribution in [0.3, 0.4) is 0 Å². The molecule has 4 rings (SSSR count). The molecule has 1 fully saturated rings. The van der Waals surface area contributed by atoms with E-state index in [1.54, 1.807) is 6.07 Å². The molecule has 7 nitrogen and oxygen atoms in total. The molecule has 33 heavy (non-hydrogen) atoms. The van der Waals surface area contributed by atoms with Crippen LogP contribution in [-0.2, 0) is 22.6 Å². The summed E-state index contributed by atoms with van der Waals surface area (Å²) >= 11 is 0. The van der Waals surface area contributed by atoms with Gasteiger partial charge in [-0.15, -0.1) is 0 Å². The Kier molecular flexibility index (Phi) is 6.89. The van der Waals surface area contributed by atoms with Gasteiger partial charge in [-0.25, -0.2) is 4.98 Å². The van der Waals surface area contributed by atoms with E-state index < -0.39 is 6.04 Å². The molecule has 1 saturated heterocycles. The Morgan fingerprint density at radius 2 is 1.91 bits per heavy atom. The number of likely N-dealkylation sites (tertiary alicyclic amines) is 1. The number of amides is 2. The van der Waals surface area contributed by atoms with Crippen molar-refractivity contribution in [2.24, 2.45) is 0 Å². The quantitative estimate of drug-likeness (QED) is 0.519. The molecular formula is C26H31N5O2. The van der Waals surface area contributed by atoms with E-state index in [-0.39, 0.29) is 17.9 Å². The van der Waals surface area contributed by atoms with Crippen molar-refractivity contribution in [3.63, 3.8) is 0 Å². The standard InChI is InChI=1S/C26H31N5O2/c1-17-20(12-13-24(27)29-17)16-28-25(32)22(30-26(33)23-11-6-14-31(23)2)15-19-9-5-8-18-7-3-4-10-21(18)19/h3-5,7-10,12-13,22-23H,6,11,14-16H2,1-2H3,(H2,27,29)(H,28,32)(H,30,33)/t22-,23?/m0/s1. The Hall–Kier alpha value is -3.45. The first-order chi connectivity index (χ1) is 15.9. The molecule has 3 aromatic rings. The highest BCUT2D eigenvalue weighted by molar-refractivity contribution is 5.91. The number of fused-ring (bicyclic) bond motifs is 1. The molecule has 0 spiro atoms. The maximum atomic E-state index is 13.3. The normalized spacial score (nSPS) is 17.1. The molecule has 2 heterocycles. The number of anilines is 1.